The Kier molecular flexibility index (Phi) is 5.72. The lowest BCUT2D eigenvalue weighted by molar-refractivity contribution is 0.0651. The summed E-state index contributed by atoms with van der Waals surface area (Å²) < 4.78 is 17.2. The Morgan fingerprint density at radius 2 is 1.76 bits per heavy atom. The normalized spacial score (nSPS) is 15.0. The first-order chi connectivity index (χ1) is 16.2. The number of benzene rings is 3. The molecule has 1 aliphatic rings. The van der Waals surface area contributed by atoms with Gasteiger partial charge in [-0.1, -0.05) is 48.5 Å². The summed E-state index contributed by atoms with van der Waals surface area (Å²) >= 11 is 0. The highest BCUT2D eigenvalue weighted by Crippen LogP contribution is 2.37. The van der Waals surface area contributed by atoms with E-state index in [1.54, 1.807) is 18.3 Å². The van der Waals surface area contributed by atoms with Crippen molar-refractivity contribution in [1.29, 1.82) is 0 Å². The van der Waals surface area contributed by atoms with Crippen molar-refractivity contribution in [2.75, 3.05) is 12.4 Å². The van der Waals surface area contributed by atoms with Gasteiger partial charge in [-0.2, -0.15) is 0 Å². The summed E-state index contributed by atoms with van der Waals surface area (Å²) in [6.45, 7) is 0.779. The standard InChI is InChI=1S/C27H24N2O4/c1-31-25-16-20(13-14-24(25)33-18-19-8-3-2-4-9-19)26-28-23-12-6-5-11-22(23)27(30)29(26)17-21-10-7-15-32-21/h2-16,26,28H,17-18H2,1H3. The highest BCUT2D eigenvalue weighted by molar-refractivity contribution is 6.01. The van der Waals surface area contributed by atoms with E-state index < -0.39 is 6.17 Å². The highest BCUT2D eigenvalue weighted by atomic mass is 16.5. The monoisotopic (exact) mass is 440 g/mol. The lowest BCUT2D eigenvalue weighted by Gasteiger charge is -2.37. The number of amides is 1. The predicted molar refractivity (Wildman–Crippen MR) is 125 cm³/mol. The van der Waals surface area contributed by atoms with Gasteiger partial charge in [0.25, 0.3) is 5.91 Å². The second kappa shape index (κ2) is 9.12. The van der Waals surface area contributed by atoms with Crippen LogP contribution in [0, 0.1) is 0 Å². The summed E-state index contributed by atoms with van der Waals surface area (Å²) in [5, 5.41) is 3.50. The number of rotatable bonds is 7. The van der Waals surface area contributed by atoms with Crippen molar-refractivity contribution in [3.8, 4) is 11.5 Å². The molecular formula is C27H24N2O4. The number of para-hydroxylation sites is 1. The van der Waals surface area contributed by atoms with Crippen LogP contribution in [0.4, 0.5) is 5.69 Å². The first-order valence-electron chi connectivity index (χ1n) is 10.8. The molecule has 0 spiro atoms. The number of nitrogens with zero attached hydrogens (tertiary/aromatic N) is 1. The zero-order valence-electron chi connectivity index (χ0n) is 18.2. The number of carbonyl (C=O) groups excluding carboxylic acids is 1. The molecule has 0 saturated carbocycles. The number of hydrogen-bond acceptors (Lipinski definition) is 5. The quantitative estimate of drug-likeness (QED) is 0.403. The van der Waals surface area contributed by atoms with Gasteiger partial charge in [0.05, 0.1) is 25.5 Å². The summed E-state index contributed by atoms with van der Waals surface area (Å²) in [4.78, 5) is 15.2. The zero-order valence-corrected chi connectivity index (χ0v) is 18.2. The smallest absolute Gasteiger partial charge is 0.258 e. The number of fused-ring (bicyclic) bond motifs is 1. The van der Waals surface area contributed by atoms with Crippen molar-refractivity contribution in [2.24, 2.45) is 0 Å². The van der Waals surface area contributed by atoms with Crippen molar-refractivity contribution >= 4 is 11.6 Å². The molecule has 6 heteroatoms. The molecule has 4 aromatic rings. The van der Waals surface area contributed by atoms with Crippen LogP contribution in [0.1, 0.15) is 33.4 Å². The minimum absolute atomic E-state index is 0.0610. The third-order valence-electron chi connectivity index (χ3n) is 5.67. The number of ether oxygens (including phenoxy) is 2. The van der Waals surface area contributed by atoms with Gasteiger partial charge >= 0.3 is 0 Å². The van der Waals surface area contributed by atoms with Crippen LogP contribution in [0.2, 0.25) is 0 Å². The number of hydrogen-bond donors (Lipinski definition) is 1. The summed E-state index contributed by atoms with van der Waals surface area (Å²) in [6.07, 6.45) is 1.22. The van der Waals surface area contributed by atoms with Gasteiger partial charge in [-0.05, 0) is 47.5 Å². The van der Waals surface area contributed by atoms with E-state index in [-0.39, 0.29) is 5.91 Å². The number of nitrogens with one attached hydrogen (secondary N) is 1. The zero-order chi connectivity index (χ0) is 22.6. The minimum Gasteiger partial charge on any atom is -0.493 e. The van der Waals surface area contributed by atoms with Crippen molar-refractivity contribution in [1.82, 2.24) is 4.90 Å². The third-order valence-corrected chi connectivity index (χ3v) is 5.67. The fourth-order valence-corrected chi connectivity index (χ4v) is 4.00. The lowest BCUT2D eigenvalue weighted by Crippen LogP contribution is -2.42. The van der Waals surface area contributed by atoms with E-state index in [0.717, 1.165) is 16.8 Å². The van der Waals surface area contributed by atoms with Gasteiger partial charge in [0.1, 0.15) is 18.5 Å². The van der Waals surface area contributed by atoms with Gasteiger partial charge in [-0.3, -0.25) is 4.79 Å². The molecule has 1 unspecified atom stereocenters. The van der Waals surface area contributed by atoms with Crippen LogP contribution in [-0.2, 0) is 13.2 Å². The average Bonchev–Trinajstić information content (AvgIpc) is 3.38. The van der Waals surface area contributed by atoms with E-state index >= 15 is 0 Å². The molecule has 1 amide bonds. The van der Waals surface area contributed by atoms with Crippen LogP contribution in [0.3, 0.4) is 0 Å². The van der Waals surface area contributed by atoms with E-state index in [1.807, 2.05) is 84.9 Å². The molecule has 0 fully saturated rings. The maximum atomic E-state index is 13.4. The maximum absolute atomic E-state index is 13.4. The van der Waals surface area contributed by atoms with Gasteiger partial charge < -0.3 is 24.1 Å². The molecule has 0 radical (unpaired) electrons. The van der Waals surface area contributed by atoms with Gasteiger partial charge in [-0.25, -0.2) is 0 Å². The van der Waals surface area contributed by atoms with E-state index in [4.69, 9.17) is 13.9 Å². The van der Waals surface area contributed by atoms with E-state index in [1.165, 1.54) is 0 Å². The van der Waals surface area contributed by atoms with Gasteiger partial charge in [0, 0.05) is 5.69 Å². The first kappa shape index (κ1) is 20.7. The summed E-state index contributed by atoms with van der Waals surface area (Å²) in [6, 6.07) is 26.9. The van der Waals surface area contributed by atoms with E-state index in [9.17, 15) is 4.79 Å². The number of methoxy groups -OCH3 is 1. The Morgan fingerprint density at radius 1 is 0.939 bits per heavy atom. The Labute approximate surface area is 192 Å². The van der Waals surface area contributed by atoms with Crippen LogP contribution in [0.25, 0.3) is 0 Å². The number of furan rings is 1. The van der Waals surface area contributed by atoms with Crippen LogP contribution in [-0.4, -0.2) is 17.9 Å². The van der Waals surface area contributed by atoms with Crippen LogP contribution in [0.15, 0.2) is 95.6 Å². The Morgan fingerprint density at radius 3 is 2.55 bits per heavy atom. The summed E-state index contributed by atoms with van der Waals surface area (Å²) in [7, 11) is 1.61. The van der Waals surface area contributed by atoms with Crippen molar-refractivity contribution in [3.63, 3.8) is 0 Å². The average molecular weight is 440 g/mol. The molecule has 1 aliphatic heterocycles. The molecule has 2 heterocycles. The second-order valence-corrected chi connectivity index (χ2v) is 7.79. The predicted octanol–water partition coefficient (Wildman–Crippen LogP) is 5.63. The third kappa shape index (κ3) is 4.28. The topological polar surface area (TPSA) is 63.9 Å². The molecular weight excluding hydrogens is 416 g/mol. The molecule has 1 aromatic heterocycles. The Balaban J connectivity index is 1.45. The minimum atomic E-state index is -0.394. The van der Waals surface area contributed by atoms with Crippen molar-refractivity contribution < 1.29 is 18.7 Å². The largest absolute Gasteiger partial charge is 0.493 e. The Hall–Kier alpha value is -4.19. The van der Waals surface area contributed by atoms with E-state index in [0.29, 0.717) is 36.0 Å². The molecule has 5 rings (SSSR count). The lowest BCUT2D eigenvalue weighted by atomic mass is 10.0. The van der Waals surface area contributed by atoms with Crippen LogP contribution >= 0.6 is 0 Å². The summed E-state index contributed by atoms with van der Waals surface area (Å²) in [5.74, 6) is 1.90. The molecule has 33 heavy (non-hydrogen) atoms. The fraction of sp³-hybridized carbons (Fsp3) is 0.148. The summed E-state index contributed by atoms with van der Waals surface area (Å²) in [5.41, 5.74) is 3.39. The molecule has 0 saturated heterocycles. The second-order valence-electron chi connectivity index (χ2n) is 7.79. The molecule has 166 valence electrons. The fourth-order valence-electron chi connectivity index (χ4n) is 4.00. The Bertz CT molecular complexity index is 1240. The van der Waals surface area contributed by atoms with Crippen LogP contribution < -0.4 is 14.8 Å². The number of anilines is 1. The van der Waals surface area contributed by atoms with Gasteiger partial charge in [0.15, 0.2) is 11.5 Å². The molecule has 1 N–H and O–H groups in total. The maximum Gasteiger partial charge on any atom is 0.258 e. The van der Waals surface area contributed by atoms with Crippen molar-refractivity contribution in [3.05, 3.63) is 114 Å². The van der Waals surface area contributed by atoms with Crippen LogP contribution in [0.5, 0.6) is 11.5 Å². The van der Waals surface area contributed by atoms with Gasteiger partial charge in [0.2, 0.25) is 0 Å². The first-order valence-corrected chi connectivity index (χ1v) is 10.8. The molecule has 3 aromatic carbocycles. The van der Waals surface area contributed by atoms with Gasteiger partial charge in [-0.15, -0.1) is 0 Å². The van der Waals surface area contributed by atoms with E-state index in [2.05, 4.69) is 5.32 Å². The molecule has 0 bridgehead atoms. The molecule has 6 nitrogen and oxygen atoms in total. The van der Waals surface area contributed by atoms with Crippen molar-refractivity contribution in [2.45, 2.75) is 19.3 Å². The molecule has 1 atom stereocenters. The molecule has 0 aliphatic carbocycles. The number of carbonyl (C=O) groups is 1. The highest BCUT2D eigenvalue weighted by Gasteiger charge is 2.33. The SMILES string of the molecule is COc1cc(C2Nc3ccccc3C(=O)N2Cc2ccco2)ccc1OCc1ccccc1.